The maximum atomic E-state index is 13.6. The Balaban J connectivity index is 2.74. The molecule has 1 aliphatic heterocycles. The highest BCUT2D eigenvalue weighted by Crippen LogP contribution is 2.45. The Kier molecular flexibility index (Phi) is 7.60. The van der Waals surface area contributed by atoms with Gasteiger partial charge < -0.3 is 19.1 Å². The van der Waals surface area contributed by atoms with Gasteiger partial charge in [-0.25, -0.2) is 14.4 Å². The first-order valence-electron chi connectivity index (χ1n) is 11.0. The molecule has 9 nitrogen and oxygen atoms in total. The molecule has 9 heteroatoms. The summed E-state index contributed by atoms with van der Waals surface area (Å²) < 4.78 is 15.9. The van der Waals surface area contributed by atoms with Gasteiger partial charge in [-0.1, -0.05) is 30.3 Å². The van der Waals surface area contributed by atoms with Gasteiger partial charge >= 0.3 is 17.9 Å². The van der Waals surface area contributed by atoms with Crippen LogP contribution in [0.1, 0.15) is 54.0 Å². The van der Waals surface area contributed by atoms with E-state index in [0.717, 1.165) is 18.9 Å². The fraction of sp³-hybridized carbons (Fsp3) is 0.560. The van der Waals surface area contributed by atoms with Crippen molar-refractivity contribution in [2.45, 2.75) is 77.7 Å². The molecule has 1 aromatic carbocycles. The molecule has 1 aromatic rings. The fourth-order valence-corrected chi connectivity index (χ4v) is 3.91. The number of benzene rings is 1. The van der Waals surface area contributed by atoms with Gasteiger partial charge in [0.2, 0.25) is 5.91 Å². The first kappa shape index (κ1) is 27.0. The molecule has 0 spiro atoms. The summed E-state index contributed by atoms with van der Waals surface area (Å²) in [6.07, 6.45) is -0.0583. The van der Waals surface area contributed by atoms with Gasteiger partial charge in [0.05, 0.1) is 7.11 Å². The van der Waals surface area contributed by atoms with E-state index >= 15 is 0 Å². The van der Waals surface area contributed by atoms with Crippen molar-refractivity contribution in [1.82, 2.24) is 4.90 Å². The third-order valence-electron chi connectivity index (χ3n) is 5.17. The van der Waals surface area contributed by atoms with Crippen LogP contribution < -0.4 is 0 Å². The number of ether oxygens (including phenoxy) is 3. The topological polar surface area (TPSA) is 116 Å². The molecule has 0 N–H and O–H groups in total. The third-order valence-corrected chi connectivity index (χ3v) is 5.17. The number of nitrogens with zero attached hydrogens (tertiary/aromatic N) is 1. The van der Waals surface area contributed by atoms with E-state index in [1.54, 1.807) is 71.9 Å². The molecule has 34 heavy (non-hydrogen) atoms. The second kappa shape index (κ2) is 9.56. The van der Waals surface area contributed by atoms with Gasteiger partial charge in [-0.2, -0.15) is 0 Å². The first-order valence-corrected chi connectivity index (χ1v) is 11.0. The Morgan fingerprint density at radius 3 is 1.79 bits per heavy atom. The maximum Gasteiger partial charge on any atom is 0.345 e. The predicted molar refractivity (Wildman–Crippen MR) is 121 cm³/mol. The molecule has 0 bridgehead atoms. The Morgan fingerprint density at radius 2 is 1.41 bits per heavy atom. The van der Waals surface area contributed by atoms with Gasteiger partial charge in [0.25, 0.3) is 5.54 Å². The number of Topliss-reactive ketones (excluding diaryl/α,β-unsaturated/α-hetero) is 1. The molecule has 0 radical (unpaired) electrons. The zero-order chi connectivity index (χ0) is 26.1. The van der Waals surface area contributed by atoms with E-state index in [-0.39, 0.29) is 6.42 Å². The number of hydrogen-bond acceptors (Lipinski definition) is 8. The Labute approximate surface area is 199 Å². The second-order valence-electron chi connectivity index (χ2n) is 10.3. The van der Waals surface area contributed by atoms with Crippen LogP contribution in [-0.2, 0) is 44.6 Å². The van der Waals surface area contributed by atoms with Crippen LogP contribution in [0.15, 0.2) is 30.3 Å². The van der Waals surface area contributed by atoms with Crippen LogP contribution in [0.25, 0.3) is 0 Å². The lowest BCUT2D eigenvalue weighted by molar-refractivity contribution is -0.218. The minimum absolute atomic E-state index is 0.0583. The van der Waals surface area contributed by atoms with Crippen molar-refractivity contribution in [1.29, 1.82) is 0 Å². The third kappa shape index (κ3) is 5.29. The van der Waals surface area contributed by atoms with Crippen molar-refractivity contribution < 1.29 is 38.2 Å². The SMILES string of the molecule is COC(=O)[C@@H](Cc1ccccc1)N1C(=O)[C@@H](C(C)=O)C1(C(=O)OC(C)(C)C)C(=O)OC(C)(C)C. The average molecular weight is 476 g/mol. The molecule has 0 saturated carbocycles. The first-order chi connectivity index (χ1) is 15.6. The summed E-state index contributed by atoms with van der Waals surface area (Å²) >= 11 is 0. The van der Waals surface area contributed by atoms with E-state index in [1.807, 2.05) is 0 Å². The Morgan fingerprint density at radius 1 is 0.941 bits per heavy atom. The molecule has 1 saturated heterocycles. The number of hydrogen-bond donors (Lipinski definition) is 0. The van der Waals surface area contributed by atoms with Gasteiger partial charge in [0.15, 0.2) is 0 Å². The van der Waals surface area contributed by atoms with Crippen molar-refractivity contribution in [3.8, 4) is 0 Å². The average Bonchev–Trinajstić information content (AvgIpc) is 2.68. The molecule has 0 unspecified atom stereocenters. The van der Waals surface area contributed by atoms with Crippen LogP contribution >= 0.6 is 0 Å². The monoisotopic (exact) mass is 475 g/mol. The molecule has 1 aliphatic rings. The van der Waals surface area contributed by atoms with Gasteiger partial charge in [-0.3, -0.25) is 9.59 Å². The largest absolute Gasteiger partial charge is 0.467 e. The number of rotatable bonds is 7. The van der Waals surface area contributed by atoms with Crippen molar-refractivity contribution in [2.24, 2.45) is 5.92 Å². The lowest BCUT2D eigenvalue weighted by Gasteiger charge is -2.55. The van der Waals surface area contributed by atoms with Crippen LogP contribution in [0, 0.1) is 5.92 Å². The summed E-state index contributed by atoms with van der Waals surface area (Å²) in [5.41, 5.74) is -3.94. The van der Waals surface area contributed by atoms with Gasteiger partial charge in [-0.15, -0.1) is 0 Å². The standard InChI is InChI=1S/C25H33NO8/c1-15(27)18-19(28)26(17(20(29)32-8)14-16-12-10-9-11-13-16)25(18,21(30)33-23(2,3)4)22(31)34-24(5,6)7/h9-13,17-18H,14H2,1-8H3/t17-,18-/m1/s1. The fourth-order valence-electron chi connectivity index (χ4n) is 3.91. The van der Waals surface area contributed by atoms with Gasteiger partial charge in [-0.05, 0) is 54.0 Å². The number of β-lactam (4-membered cyclic amide) rings is 1. The van der Waals surface area contributed by atoms with E-state index in [4.69, 9.17) is 14.2 Å². The number of amides is 1. The molecular formula is C25H33NO8. The quantitative estimate of drug-likeness (QED) is 0.255. The molecule has 0 aromatic heterocycles. The molecule has 1 heterocycles. The van der Waals surface area contributed by atoms with Crippen molar-refractivity contribution in [3.05, 3.63) is 35.9 Å². The van der Waals surface area contributed by atoms with E-state index in [0.29, 0.717) is 5.56 Å². The van der Waals surface area contributed by atoms with Crippen LogP contribution in [-0.4, -0.2) is 64.4 Å². The van der Waals surface area contributed by atoms with E-state index in [2.05, 4.69) is 0 Å². The summed E-state index contributed by atoms with van der Waals surface area (Å²) in [5.74, 6) is -6.40. The van der Waals surface area contributed by atoms with E-state index < -0.39 is 58.3 Å². The van der Waals surface area contributed by atoms with Crippen LogP contribution in [0.4, 0.5) is 0 Å². The lowest BCUT2D eigenvalue weighted by Crippen LogP contribution is -2.83. The van der Waals surface area contributed by atoms with Crippen LogP contribution in [0.3, 0.4) is 0 Å². The highest BCUT2D eigenvalue weighted by Gasteiger charge is 2.76. The van der Waals surface area contributed by atoms with Crippen molar-refractivity contribution in [3.63, 3.8) is 0 Å². The van der Waals surface area contributed by atoms with Crippen LogP contribution in [0.2, 0.25) is 0 Å². The number of esters is 3. The minimum atomic E-state index is -2.48. The summed E-state index contributed by atoms with van der Waals surface area (Å²) in [4.78, 5) is 66.8. The smallest absolute Gasteiger partial charge is 0.345 e. The summed E-state index contributed by atoms with van der Waals surface area (Å²) in [6.45, 7) is 10.6. The van der Waals surface area contributed by atoms with Crippen LogP contribution in [0.5, 0.6) is 0 Å². The highest BCUT2D eigenvalue weighted by atomic mass is 16.6. The maximum absolute atomic E-state index is 13.6. The zero-order valence-corrected chi connectivity index (χ0v) is 21.0. The normalized spacial score (nSPS) is 18.4. The molecule has 0 aliphatic carbocycles. The summed E-state index contributed by atoms with van der Waals surface area (Å²) in [7, 11) is 1.13. The summed E-state index contributed by atoms with van der Waals surface area (Å²) in [5, 5.41) is 0. The van der Waals surface area contributed by atoms with Gasteiger partial charge in [0.1, 0.15) is 28.9 Å². The molecular weight excluding hydrogens is 442 g/mol. The zero-order valence-electron chi connectivity index (χ0n) is 21.0. The molecule has 1 amide bonds. The highest BCUT2D eigenvalue weighted by molar-refractivity contribution is 6.25. The van der Waals surface area contributed by atoms with E-state index in [9.17, 15) is 24.0 Å². The summed E-state index contributed by atoms with van der Waals surface area (Å²) in [6, 6.07) is 7.35. The Hall–Kier alpha value is -3.23. The number of methoxy groups -OCH3 is 1. The minimum Gasteiger partial charge on any atom is -0.467 e. The number of ketones is 1. The Bertz CT molecular complexity index is 943. The molecule has 2 atom stereocenters. The lowest BCUT2D eigenvalue weighted by atomic mass is 9.69. The van der Waals surface area contributed by atoms with Gasteiger partial charge in [0, 0.05) is 6.42 Å². The molecule has 2 rings (SSSR count). The van der Waals surface area contributed by atoms with Crippen molar-refractivity contribution in [2.75, 3.05) is 7.11 Å². The molecule has 186 valence electrons. The van der Waals surface area contributed by atoms with E-state index in [1.165, 1.54) is 0 Å². The predicted octanol–water partition coefficient (Wildman–Crippen LogP) is 2.24. The number of carbonyl (C=O) groups is 5. The van der Waals surface area contributed by atoms with Crippen molar-refractivity contribution >= 4 is 29.6 Å². The molecule has 1 fully saturated rings. The number of carbonyl (C=O) groups excluding carboxylic acids is 5. The second-order valence-corrected chi connectivity index (χ2v) is 10.3. The number of likely N-dealkylation sites (tertiary alicyclic amines) is 1.